The summed E-state index contributed by atoms with van der Waals surface area (Å²) in [5, 5.41) is 0. The van der Waals surface area contributed by atoms with Crippen molar-refractivity contribution in [2.24, 2.45) is 0 Å². The number of rotatable bonds is 1. The van der Waals surface area contributed by atoms with E-state index in [4.69, 9.17) is 0 Å². The summed E-state index contributed by atoms with van der Waals surface area (Å²) in [6.07, 6.45) is 2.24. The van der Waals surface area contributed by atoms with E-state index in [1.165, 1.54) is 22.3 Å². The molecule has 0 heteroatoms. The second-order valence-electron chi connectivity index (χ2n) is 6.56. The van der Waals surface area contributed by atoms with Crippen molar-refractivity contribution in [1.82, 2.24) is 0 Å². The van der Waals surface area contributed by atoms with Gasteiger partial charge in [-0.3, -0.25) is 0 Å². The lowest BCUT2D eigenvalue weighted by atomic mass is 9.80. The SMILES string of the molecule is CCc1c(C(C)(C)C)ccc2c1Cc1ccccc1-2. The van der Waals surface area contributed by atoms with E-state index in [1.807, 2.05) is 0 Å². The molecular formula is C19H22. The molecule has 0 saturated heterocycles. The highest BCUT2D eigenvalue weighted by Gasteiger charge is 2.25. The van der Waals surface area contributed by atoms with Crippen LogP contribution < -0.4 is 0 Å². The monoisotopic (exact) mass is 250 g/mol. The lowest BCUT2D eigenvalue weighted by Crippen LogP contribution is -2.15. The normalized spacial score (nSPS) is 13.3. The van der Waals surface area contributed by atoms with Crippen LogP contribution in [0.2, 0.25) is 0 Å². The van der Waals surface area contributed by atoms with Crippen LogP contribution in [-0.4, -0.2) is 0 Å². The minimum absolute atomic E-state index is 0.231. The fourth-order valence-electron chi connectivity index (χ4n) is 3.38. The molecule has 2 aromatic carbocycles. The van der Waals surface area contributed by atoms with Gasteiger partial charge in [0, 0.05) is 0 Å². The Hall–Kier alpha value is -1.56. The van der Waals surface area contributed by atoms with Crippen LogP contribution in [0.25, 0.3) is 11.1 Å². The maximum absolute atomic E-state index is 2.35. The van der Waals surface area contributed by atoms with Crippen LogP contribution in [-0.2, 0) is 18.3 Å². The molecular weight excluding hydrogens is 228 g/mol. The molecule has 0 nitrogen and oxygen atoms in total. The minimum Gasteiger partial charge on any atom is -0.0619 e. The molecule has 2 aromatic rings. The van der Waals surface area contributed by atoms with E-state index in [0.717, 1.165) is 12.8 Å². The molecule has 0 atom stereocenters. The Morgan fingerprint density at radius 3 is 2.37 bits per heavy atom. The van der Waals surface area contributed by atoms with Gasteiger partial charge in [-0.15, -0.1) is 0 Å². The minimum atomic E-state index is 0.231. The predicted octanol–water partition coefficient (Wildman–Crippen LogP) is 5.12. The third-order valence-corrected chi connectivity index (χ3v) is 4.27. The highest BCUT2D eigenvalue weighted by Crippen LogP contribution is 2.41. The average Bonchev–Trinajstić information content (AvgIpc) is 2.75. The van der Waals surface area contributed by atoms with Crippen molar-refractivity contribution in [3.05, 3.63) is 58.7 Å². The summed E-state index contributed by atoms with van der Waals surface area (Å²) in [6.45, 7) is 9.23. The standard InChI is InChI=1S/C19H22/c1-5-14-17-12-13-8-6-7-9-15(13)16(17)10-11-18(14)19(2,3)4/h6-11H,5,12H2,1-4H3. The van der Waals surface area contributed by atoms with Crippen molar-refractivity contribution in [3.8, 4) is 11.1 Å². The van der Waals surface area contributed by atoms with Crippen LogP contribution in [0, 0.1) is 0 Å². The Kier molecular flexibility index (Phi) is 2.78. The highest BCUT2D eigenvalue weighted by molar-refractivity contribution is 5.78. The highest BCUT2D eigenvalue weighted by atomic mass is 14.3. The fourth-order valence-corrected chi connectivity index (χ4v) is 3.38. The summed E-state index contributed by atoms with van der Waals surface area (Å²) < 4.78 is 0. The van der Waals surface area contributed by atoms with Crippen LogP contribution in [0.1, 0.15) is 49.9 Å². The molecule has 3 rings (SSSR count). The van der Waals surface area contributed by atoms with Gasteiger partial charge in [0.05, 0.1) is 0 Å². The van der Waals surface area contributed by atoms with Crippen molar-refractivity contribution in [1.29, 1.82) is 0 Å². The second-order valence-corrected chi connectivity index (χ2v) is 6.56. The molecule has 0 heterocycles. The first-order chi connectivity index (χ1) is 9.02. The summed E-state index contributed by atoms with van der Waals surface area (Å²) in [7, 11) is 0. The summed E-state index contributed by atoms with van der Waals surface area (Å²) in [5.74, 6) is 0. The molecule has 1 aliphatic carbocycles. The van der Waals surface area contributed by atoms with Gasteiger partial charge in [-0.2, -0.15) is 0 Å². The first kappa shape index (κ1) is 12.5. The van der Waals surface area contributed by atoms with Gasteiger partial charge in [0.2, 0.25) is 0 Å². The van der Waals surface area contributed by atoms with Gasteiger partial charge in [0.1, 0.15) is 0 Å². The summed E-state index contributed by atoms with van der Waals surface area (Å²) in [5.41, 5.74) is 9.26. The molecule has 0 fully saturated rings. The molecule has 0 aliphatic heterocycles. The topological polar surface area (TPSA) is 0 Å². The fraction of sp³-hybridized carbons (Fsp3) is 0.368. The third-order valence-electron chi connectivity index (χ3n) is 4.27. The van der Waals surface area contributed by atoms with Gasteiger partial charge < -0.3 is 0 Å². The van der Waals surface area contributed by atoms with Crippen LogP contribution >= 0.6 is 0 Å². The number of hydrogen-bond acceptors (Lipinski definition) is 0. The summed E-state index contributed by atoms with van der Waals surface area (Å²) in [4.78, 5) is 0. The van der Waals surface area contributed by atoms with Crippen LogP contribution in [0.5, 0.6) is 0 Å². The molecule has 1 aliphatic rings. The van der Waals surface area contributed by atoms with E-state index >= 15 is 0 Å². The lowest BCUT2D eigenvalue weighted by molar-refractivity contribution is 0.582. The molecule has 0 aromatic heterocycles. The van der Waals surface area contributed by atoms with Gasteiger partial charge in [0.25, 0.3) is 0 Å². The van der Waals surface area contributed by atoms with Crippen molar-refractivity contribution >= 4 is 0 Å². The van der Waals surface area contributed by atoms with E-state index in [2.05, 4.69) is 64.1 Å². The van der Waals surface area contributed by atoms with Crippen molar-refractivity contribution in [2.45, 2.75) is 46.0 Å². The number of fused-ring (bicyclic) bond motifs is 3. The van der Waals surface area contributed by atoms with Gasteiger partial charge in [-0.25, -0.2) is 0 Å². The third kappa shape index (κ3) is 1.90. The van der Waals surface area contributed by atoms with Gasteiger partial charge >= 0.3 is 0 Å². The Labute approximate surface area is 116 Å². The quantitative estimate of drug-likeness (QED) is 0.562. The van der Waals surface area contributed by atoms with Crippen LogP contribution in [0.3, 0.4) is 0 Å². The maximum atomic E-state index is 2.35. The molecule has 0 saturated carbocycles. The first-order valence-corrected chi connectivity index (χ1v) is 7.26. The van der Waals surface area contributed by atoms with E-state index < -0.39 is 0 Å². The Bertz CT molecular complexity index is 627. The molecule has 0 spiro atoms. The van der Waals surface area contributed by atoms with Crippen molar-refractivity contribution in [2.75, 3.05) is 0 Å². The van der Waals surface area contributed by atoms with Crippen molar-refractivity contribution in [3.63, 3.8) is 0 Å². The molecule has 0 bridgehead atoms. The number of hydrogen-bond donors (Lipinski definition) is 0. The molecule has 0 amide bonds. The second kappa shape index (κ2) is 4.23. The zero-order valence-corrected chi connectivity index (χ0v) is 12.4. The lowest BCUT2D eigenvalue weighted by Gasteiger charge is -2.25. The largest absolute Gasteiger partial charge is 0.0619 e. The van der Waals surface area contributed by atoms with Crippen LogP contribution in [0.15, 0.2) is 36.4 Å². The van der Waals surface area contributed by atoms with E-state index in [9.17, 15) is 0 Å². The first-order valence-electron chi connectivity index (χ1n) is 7.26. The molecule has 19 heavy (non-hydrogen) atoms. The molecule has 0 unspecified atom stereocenters. The molecule has 0 radical (unpaired) electrons. The Morgan fingerprint density at radius 2 is 1.68 bits per heavy atom. The average molecular weight is 250 g/mol. The van der Waals surface area contributed by atoms with Gasteiger partial charge in [0.15, 0.2) is 0 Å². The summed E-state index contributed by atoms with van der Waals surface area (Å²) in [6, 6.07) is 13.5. The Morgan fingerprint density at radius 1 is 0.947 bits per heavy atom. The smallest absolute Gasteiger partial charge is 0.00106 e. The maximum Gasteiger partial charge on any atom is -0.00106 e. The zero-order valence-electron chi connectivity index (χ0n) is 12.4. The van der Waals surface area contributed by atoms with Crippen LogP contribution in [0.4, 0.5) is 0 Å². The molecule has 0 N–H and O–H groups in total. The van der Waals surface area contributed by atoms with E-state index in [0.29, 0.717) is 0 Å². The zero-order chi connectivity index (χ0) is 13.6. The Balaban J connectivity index is 2.24. The van der Waals surface area contributed by atoms with Gasteiger partial charge in [-0.1, -0.05) is 64.1 Å². The van der Waals surface area contributed by atoms with E-state index in [1.54, 1.807) is 11.1 Å². The number of benzene rings is 2. The summed E-state index contributed by atoms with van der Waals surface area (Å²) >= 11 is 0. The van der Waals surface area contributed by atoms with Gasteiger partial charge in [-0.05, 0) is 51.6 Å². The molecule has 98 valence electrons. The predicted molar refractivity (Wildman–Crippen MR) is 82.8 cm³/mol. The van der Waals surface area contributed by atoms with E-state index in [-0.39, 0.29) is 5.41 Å². The van der Waals surface area contributed by atoms with Crippen molar-refractivity contribution < 1.29 is 0 Å².